The largest absolute Gasteiger partial charge is 0.416 e. The van der Waals surface area contributed by atoms with Crippen molar-refractivity contribution in [3.8, 4) is 0 Å². The summed E-state index contributed by atoms with van der Waals surface area (Å²) in [6, 6.07) is 5.43. The van der Waals surface area contributed by atoms with Crippen molar-refractivity contribution in [1.82, 2.24) is 4.90 Å². The lowest BCUT2D eigenvalue weighted by molar-refractivity contribution is -0.137. The maximum Gasteiger partial charge on any atom is 0.416 e. The van der Waals surface area contributed by atoms with Crippen molar-refractivity contribution in [1.29, 1.82) is 0 Å². The van der Waals surface area contributed by atoms with Crippen LogP contribution in [0.5, 0.6) is 0 Å². The van der Waals surface area contributed by atoms with Gasteiger partial charge in [-0.2, -0.15) is 24.9 Å². The summed E-state index contributed by atoms with van der Waals surface area (Å²) in [7, 11) is 0. The molecule has 0 aliphatic carbocycles. The molecule has 0 bridgehead atoms. The third-order valence-electron chi connectivity index (χ3n) is 4.17. The van der Waals surface area contributed by atoms with E-state index in [1.807, 2.05) is 11.2 Å². The number of hydrogen-bond acceptors (Lipinski definition) is 4. The molecule has 2 rings (SSSR count). The van der Waals surface area contributed by atoms with E-state index < -0.39 is 11.7 Å². The Morgan fingerprint density at radius 2 is 1.96 bits per heavy atom. The van der Waals surface area contributed by atoms with Crippen LogP contribution in [-0.2, 0) is 12.6 Å². The van der Waals surface area contributed by atoms with Crippen molar-refractivity contribution in [2.75, 3.05) is 25.9 Å². The molecule has 1 aliphatic rings. The van der Waals surface area contributed by atoms with E-state index in [0.29, 0.717) is 36.3 Å². The van der Waals surface area contributed by atoms with Gasteiger partial charge in [0.2, 0.25) is 0 Å². The van der Waals surface area contributed by atoms with E-state index in [-0.39, 0.29) is 0 Å². The quantitative estimate of drug-likeness (QED) is 0.759. The fourth-order valence-corrected chi connectivity index (χ4v) is 3.12. The summed E-state index contributed by atoms with van der Waals surface area (Å²) in [5.74, 6) is 0.479. The number of nitrogens with two attached hydrogens (primary N) is 1. The summed E-state index contributed by atoms with van der Waals surface area (Å²) < 4.78 is 38.0. The van der Waals surface area contributed by atoms with E-state index in [1.165, 1.54) is 31.4 Å². The molecule has 0 saturated heterocycles. The number of hydrogen-bond donors (Lipinski definition) is 1. The molecule has 7 heteroatoms. The van der Waals surface area contributed by atoms with Gasteiger partial charge < -0.3 is 10.6 Å². The highest BCUT2D eigenvalue weighted by molar-refractivity contribution is 7.99. The fourth-order valence-electron chi connectivity index (χ4n) is 2.57. The van der Waals surface area contributed by atoms with Crippen molar-refractivity contribution in [2.45, 2.75) is 51.0 Å². The van der Waals surface area contributed by atoms with E-state index >= 15 is 0 Å². The van der Waals surface area contributed by atoms with Crippen molar-refractivity contribution >= 4 is 17.7 Å². The Balaban J connectivity index is 0.000000597. The highest BCUT2D eigenvalue weighted by Gasteiger charge is 2.30. The lowest BCUT2D eigenvalue weighted by atomic mass is 10.1. The van der Waals surface area contributed by atoms with Gasteiger partial charge in [0.25, 0.3) is 0 Å². The highest BCUT2D eigenvalue weighted by atomic mass is 32.2. The fraction of sp³-hybridized carbons (Fsp3) is 0.632. The molecule has 1 heterocycles. The Morgan fingerprint density at radius 3 is 2.50 bits per heavy atom. The summed E-state index contributed by atoms with van der Waals surface area (Å²) in [6.45, 7) is 6.49. The van der Waals surface area contributed by atoms with E-state index in [2.05, 4.69) is 18.8 Å². The Labute approximate surface area is 159 Å². The maximum absolute atomic E-state index is 12.7. The molecule has 1 atom stereocenters. The number of rotatable bonds is 6. The van der Waals surface area contributed by atoms with Crippen LogP contribution in [-0.4, -0.2) is 42.0 Å². The minimum absolute atomic E-state index is 0.388. The number of halogens is 3. The zero-order valence-corrected chi connectivity index (χ0v) is 16.7. The molecule has 1 aromatic carbocycles. The third-order valence-corrected chi connectivity index (χ3v) is 5.13. The maximum atomic E-state index is 12.7. The highest BCUT2D eigenvalue weighted by Crippen LogP contribution is 2.29. The predicted molar refractivity (Wildman–Crippen MR) is 106 cm³/mol. The average molecular weight is 390 g/mol. The second-order valence-electron chi connectivity index (χ2n) is 6.30. The van der Waals surface area contributed by atoms with Crippen LogP contribution in [0.2, 0.25) is 0 Å². The number of nitrogens with zero attached hydrogens (tertiary/aromatic N) is 2. The van der Waals surface area contributed by atoms with Crippen molar-refractivity contribution in [3.05, 3.63) is 35.4 Å². The molecule has 3 nitrogen and oxygen atoms in total. The van der Waals surface area contributed by atoms with Crippen molar-refractivity contribution in [2.24, 2.45) is 10.7 Å². The summed E-state index contributed by atoms with van der Waals surface area (Å²) in [5, 5.41) is 0.388. The molecule has 1 unspecified atom stereocenters. The van der Waals surface area contributed by atoms with Crippen LogP contribution in [0.4, 0.5) is 13.2 Å². The molecule has 0 spiro atoms. The van der Waals surface area contributed by atoms with Gasteiger partial charge in [0.1, 0.15) is 0 Å². The first kappa shape index (κ1) is 22.7. The summed E-state index contributed by atoms with van der Waals surface area (Å²) in [5.41, 5.74) is 5.89. The zero-order valence-electron chi connectivity index (χ0n) is 15.9. The van der Waals surface area contributed by atoms with Crippen LogP contribution >= 0.6 is 11.8 Å². The third kappa shape index (κ3) is 7.89. The second kappa shape index (κ2) is 11.4. The molecular weight excluding hydrogens is 359 g/mol. The Morgan fingerprint density at radius 1 is 1.27 bits per heavy atom. The van der Waals surface area contributed by atoms with Gasteiger partial charge in [-0.25, -0.2) is 0 Å². The van der Waals surface area contributed by atoms with Gasteiger partial charge in [0.15, 0.2) is 5.96 Å². The first-order valence-electron chi connectivity index (χ1n) is 9.05. The second-order valence-corrected chi connectivity index (χ2v) is 7.44. The molecule has 0 aromatic heterocycles. The van der Waals surface area contributed by atoms with Gasteiger partial charge >= 0.3 is 6.18 Å². The molecule has 1 aliphatic heterocycles. The van der Waals surface area contributed by atoms with Crippen LogP contribution in [0.3, 0.4) is 0 Å². The standard InChI is InChI=1S/C14H18F3N3S.C5H12/c1-21-12-8-19-13(18)20(9-12)6-5-10-3-2-4-11(7-10)14(15,16)17;1-3-5-4-2/h2-4,7,12H,5-6,8-9H2,1H3,(H2,18,19);3-5H2,1-2H3. The summed E-state index contributed by atoms with van der Waals surface area (Å²) >= 11 is 1.73. The van der Waals surface area contributed by atoms with Crippen LogP contribution in [0, 0.1) is 0 Å². The SMILES string of the molecule is CCCCC.CSC1CN=C(N)N(CCc2cccc(C(F)(F)F)c2)C1. The molecule has 148 valence electrons. The number of alkyl halides is 3. The Hall–Kier alpha value is -1.37. The summed E-state index contributed by atoms with van der Waals surface area (Å²) in [4.78, 5) is 6.19. The van der Waals surface area contributed by atoms with Crippen LogP contribution in [0.1, 0.15) is 44.2 Å². The smallest absolute Gasteiger partial charge is 0.370 e. The summed E-state index contributed by atoms with van der Waals surface area (Å²) in [6.07, 6.45) is 2.31. The van der Waals surface area contributed by atoms with E-state index in [4.69, 9.17) is 5.73 Å². The molecule has 0 amide bonds. The zero-order chi connectivity index (χ0) is 19.6. The van der Waals surface area contributed by atoms with Crippen LogP contribution in [0.25, 0.3) is 0 Å². The molecule has 26 heavy (non-hydrogen) atoms. The number of aliphatic imine (C=N–C) groups is 1. The molecule has 1 aromatic rings. The lowest BCUT2D eigenvalue weighted by Gasteiger charge is -2.31. The molecule has 2 N–H and O–H groups in total. The van der Waals surface area contributed by atoms with Gasteiger partial charge in [-0.3, -0.25) is 4.99 Å². The number of unbranched alkanes of at least 4 members (excludes halogenated alkanes) is 2. The van der Waals surface area contributed by atoms with Crippen LogP contribution in [0.15, 0.2) is 29.3 Å². The van der Waals surface area contributed by atoms with Gasteiger partial charge in [-0.15, -0.1) is 0 Å². The Bertz CT molecular complexity index is 559. The lowest BCUT2D eigenvalue weighted by Crippen LogP contribution is -2.46. The normalized spacial score (nSPS) is 17.4. The van der Waals surface area contributed by atoms with Crippen molar-refractivity contribution < 1.29 is 13.2 Å². The number of benzene rings is 1. The minimum atomic E-state index is -4.30. The first-order chi connectivity index (χ1) is 12.3. The van der Waals surface area contributed by atoms with Crippen LogP contribution < -0.4 is 5.73 Å². The topological polar surface area (TPSA) is 41.6 Å². The molecule has 0 saturated carbocycles. The van der Waals surface area contributed by atoms with E-state index in [0.717, 1.165) is 12.6 Å². The molecule has 0 fully saturated rings. The molecule has 0 radical (unpaired) electrons. The number of guanidine groups is 1. The monoisotopic (exact) mass is 389 g/mol. The minimum Gasteiger partial charge on any atom is -0.370 e. The Kier molecular flexibility index (Phi) is 9.91. The van der Waals surface area contributed by atoms with E-state index in [9.17, 15) is 13.2 Å². The predicted octanol–water partition coefficient (Wildman–Crippen LogP) is 4.81. The molecular formula is C19H30F3N3S. The number of thioether (sulfide) groups is 1. The van der Waals surface area contributed by atoms with Gasteiger partial charge in [0, 0.05) is 18.3 Å². The van der Waals surface area contributed by atoms with Crippen molar-refractivity contribution in [3.63, 3.8) is 0 Å². The average Bonchev–Trinajstić information content (AvgIpc) is 2.62. The van der Waals surface area contributed by atoms with Gasteiger partial charge in [-0.1, -0.05) is 51.3 Å². The first-order valence-corrected chi connectivity index (χ1v) is 10.3. The van der Waals surface area contributed by atoms with Gasteiger partial charge in [0.05, 0.1) is 12.1 Å². The van der Waals surface area contributed by atoms with E-state index in [1.54, 1.807) is 17.8 Å². The van der Waals surface area contributed by atoms with Gasteiger partial charge in [-0.05, 0) is 24.3 Å².